The van der Waals surface area contributed by atoms with E-state index in [4.69, 9.17) is 9.26 Å². The quantitative estimate of drug-likeness (QED) is 0.511. The number of thiol groups is 1. The zero-order valence-corrected chi connectivity index (χ0v) is 17.7. The van der Waals surface area contributed by atoms with Gasteiger partial charge in [0.25, 0.3) is 0 Å². The molecule has 0 spiro atoms. The largest absolute Gasteiger partial charge is 0.484 e. The third-order valence-corrected chi connectivity index (χ3v) is 6.22. The van der Waals surface area contributed by atoms with Gasteiger partial charge in [-0.3, -0.25) is 9.21 Å². The molecule has 2 aliphatic rings. The number of hydrogen-bond donors (Lipinski definition) is 1. The molecule has 2 aromatic rings. The van der Waals surface area contributed by atoms with Crippen LogP contribution in [-0.4, -0.2) is 51.6 Å². The molecule has 0 aliphatic carbocycles. The zero-order chi connectivity index (χ0) is 22.0. The number of likely N-dealkylation sites (tertiary alicyclic amines) is 1. The van der Waals surface area contributed by atoms with Gasteiger partial charge in [-0.2, -0.15) is 4.98 Å². The lowest BCUT2D eigenvalue weighted by Gasteiger charge is -2.31. The fraction of sp³-hybridized carbons (Fsp3) is 0.600. The van der Waals surface area contributed by atoms with Crippen molar-refractivity contribution in [1.82, 2.24) is 19.3 Å². The molecule has 0 N–H and O–H groups in total. The van der Waals surface area contributed by atoms with Crippen LogP contribution in [0.15, 0.2) is 16.7 Å². The summed E-state index contributed by atoms with van der Waals surface area (Å²) >= 11 is 4.31. The van der Waals surface area contributed by atoms with Crippen molar-refractivity contribution in [2.45, 2.75) is 50.7 Å². The minimum absolute atomic E-state index is 0.111. The van der Waals surface area contributed by atoms with Crippen LogP contribution in [0.2, 0.25) is 0 Å². The second kappa shape index (κ2) is 9.74. The maximum Gasteiger partial charge on any atom is 0.300 e. The molecule has 0 unspecified atom stereocenters. The number of ether oxygens (including phenoxy) is 1. The number of nitrogens with zero attached hydrogens (tertiary/aromatic N) is 4. The standard InChI is InChI=1S/C20H24F4N4O2S/c21-15-9-13(12-1-7-28(31)8-2-12)10-16(22)18(15)29-14-3-5-27(6-4-14)11-17-25-20(19(23)24)26-30-17/h9-10,12,14,19,31H,1-8,11H2. The Hall–Kier alpha value is -1.85. The van der Waals surface area contributed by atoms with Gasteiger partial charge in [-0.25, -0.2) is 17.6 Å². The van der Waals surface area contributed by atoms with Crippen molar-refractivity contribution in [1.29, 1.82) is 0 Å². The number of alkyl halides is 2. The Morgan fingerprint density at radius 3 is 2.29 bits per heavy atom. The topological polar surface area (TPSA) is 54.6 Å². The minimum Gasteiger partial charge on any atom is -0.484 e. The summed E-state index contributed by atoms with van der Waals surface area (Å²) in [5, 5.41) is 3.24. The molecule has 3 heterocycles. The van der Waals surface area contributed by atoms with Crippen LogP contribution in [0.25, 0.3) is 0 Å². The summed E-state index contributed by atoms with van der Waals surface area (Å²) in [5.74, 6) is -2.11. The van der Waals surface area contributed by atoms with Gasteiger partial charge < -0.3 is 9.26 Å². The second-order valence-corrected chi connectivity index (χ2v) is 8.55. The first kappa shape index (κ1) is 22.3. The van der Waals surface area contributed by atoms with Crippen molar-refractivity contribution in [2.75, 3.05) is 26.2 Å². The fourth-order valence-corrected chi connectivity index (χ4v) is 4.32. The normalized spacial score (nSPS) is 19.9. The molecule has 4 rings (SSSR count). The van der Waals surface area contributed by atoms with Gasteiger partial charge in [0.2, 0.25) is 11.7 Å². The summed E-state index contributed by atoms with van der Waals surface area (Å²) in [7, 11) is 0. The first-order valence-electron chi connectivity index (χ1n) is 10.3. The molecule has 6 nitrogen and oxygen atoms in total. The predicted molar refractivity (Wildman–Crippen MR) is 107 cm³/mol. The SMILES string of the molecule is Fc1cc(C2CCN(S)CC2)cc(F)c1OC1CCN(Cc2nc(C(F)F)no2)CC1. The monoisotopic (exact) mass is 460 g/mol. The molecule has 2 fully saturated rings. The molecule has 1 aromatic heterocycles. The van der Waals surface area contributed by atoms with Gasteiger partial charge in [-0.15, -0.1) is 0 Å². The summed E-state index contributed by atoms with van der Waals surface area (Å²) in [5.41, 5.74) is 0.654. The highest BCUT2D eigenvalue weighted by molar-refractivity contribution is 7.77. The Kier molecular flexibility index (Phi) is 7.02. The first-order chi connectivity index (χ1) is 14.9. The number of halogens is 4. The van der Waals surface area contributed by atoms with Crippen LogP contribution < -0.4 is 4.74 Å². The molecule has 0 saturated carbocycles. The van der Waals surface area contributed by atoms with Crippen molar-refractivity contribution in [2.24, 2.45) is 0 Å². The van der Waals surface area contributed by atoms with E-state index in [0.29, 0.717) is 31.5 Å². The third kappa shape index (κ3) is 5.50. The summed E-state index contributed by atoms with van der Waals surface area (Å²) < 4.78 is 66.8. The molecule has 0 atom stereocenters. The molecule has 2 saturated heterocycles. The Labute approximate surface area is 183 Å². The number of benzene rings is 1. The summed E-state index contributed by atoms with van der Waals surface area (Å²) in [6.07, 6.45) is -0.422. The van der Waals surface area contributed by atoms with Gasteiger partial charge in [0, 0.05) is 26.2 Å². The molecule has 2 aliphatic heterocycles. The van der Waals surface area contributed by atoms with Crippen LogP contribution >= 0.6 is 12.8 Å². The van der Waals surface area contributed by atoms with Crippen LogP contribution in [0.1, 0.15) is 55.3 Å². The second-order valence-electron chi connectivity index (χ2n) is 7.98. The van der Waals surface area contributed by atoms with Crippen molar-refractivity contribution in [3.63, 3.8) is 0 Å². The third-order valence-electron chi connectivity index (χ3n) is 5.82. The van der Waals surface area contributed by atoms with Crippen LogP contribution in [-0.2, 0) is 6.54 Å². The number of hydrogen-bond acceptors (Lipinski definition) is 7. The van der Waals surface area contributed by atoms with E-state index in [1.807, 2.05) is 9.21 Å². The van der Waals surface area contributed by atoms with Crippen molar-refractivity contribution >= 4 is 12.8 Å². The van der Waals surface area contributed by atoms with Crippen LogP contribution in [0, 0.1) is 11.6 Å². The van der Waals surface area contributed by atoms with Gasteiger partial charge >= 0.3 is 6.43 Å². The fourth-order valence-electron chi connectivity index (χ4n) is 4.09. The molecule has 31 heavy (non-hydrogen) atoms. The van der Waals surface area contributed by atoms with Crippen molar-refractivity contribution < 1.29 is 26.8 Å². The predicted octanol–water partition coefficient (Wildman–Crippen LogP) is 4.35. The summed E-state index contributed by atoms with van der Waals surface area (Å²) in [6.45, 7) is 2.91. The van der Waals surface area contributed by atoms with E-state index in [9.17, 15) is 17.6 Å². The van der Waals surface area contributed by atoms with Gasteiger partial charge in [-0.1, -0.05) is 18.0 Å². The van der Waals surface area contributed by atoms with Crippen molar-refractivity contribution in [3.8, 4) is 5.75 Å². The molecule has 0 radical (unpaired) electrons. The molecular weight excluding hydrogens is 436 g/mol. The average Bonchev–Trinajstić information content (AvgIpc) is 3.21. The highest BCUT2D eigenvalue weighted by Gasteiger charge is 2.27. The van der Waals surface area contributed by atoms with Crippen LogP contribution in [0.3, 0.4) is 0 Å². The molecule has 0 bridgehead atoms. The van der Waals surface area contributed by atoms with Gasteiger partial charge in [0.15, 0.2) is 17.4 Å². The molecule has 1 aromatic carbocycles. The van der Waals surface area contributed by atoms with Crippen molar-refractivity contribution in [3.05, 3.63) is 41.0 Å². The van der Waals surface area contributed by atoms with E-state index in [1.54, 1.807) is 0 Å². The van der Waals surface area contributed by atoms with Gasteiger partial charge in [0.1, 0.15) is 6.10 Å². The maximum atomic E-state index is 14.6. The Bertz CT molecular complexity index is 861. The molecule has 170 valence electrons. The molecule has 11 heteroatoms. The Morgan fingerprint density at radius 1 is 1.06 bits per heavy atom. The minimum atomic E-state index is -2.77. The lowest BCUT2D eigenvalue weighted by Crippen LogP contribution is -2.38. The smallest absolute Gasteiger partial charge is 0.300 e. The molecule has 0 amide bonds. The number of aromatic nitrogens is 2. The highest BCUT2D eigenvalue weighted by atomic mass is 32.1. The van der Waals surface area contributed by atoms with Crippen LogP contribution in [0.5, 0.6) is 5.75 Å². The van der Waals surface area contributed by atoms with E-state index < -0.39 is 23.9 Å². The highest BCUT2D eigenvalue weighted by Crippen LogP contribution is 2.34. The van der Waals surface area contributed by atoms with E-state index in [-0.39, 0.29) is 30.2 Å². The van der Waals surface area contributed by atoms with E-state index >= 15 is 0 Å². The van der Waals surface area contributed by atoms with Gasteiger partial charge in [0.05, 0.1) is 6.54 Å². The number of rotatable bonds is 6. The Morgan fingerprint density at radius 2 is 1.71 bits per heavy atom. The molecular formula is C20H24F4N4O2S. The van der Waals surface area contributed by atoms with E-state index in [2.05, 4.69) is 23.0 Å². The van der Waals surface area contributed by atoms with Gasteiger partial charge in [-0.05, 0) is 49.3 Å². The lowest BCUT2D eigenvalue weighted by molar-refractivity contribution is 0.0842. The van der Waals surface area contributed by atoms with E-state index in [1.165, 1.54) is 12.1 Å². The number of piperidine rings is 2. The van der Waals surface area contributed by atoms with E-state index in [0.717, 1.165) is 25.9 Å². The lowest BCUT2D eigenvalue weighted by atomic mass is 9.90. The first-order valence-corrected chi connectivity index (χ1v) is 10.7. The van der Waals surface area contributed by atoms with Crippen LogP contribution in [0.4, 0.5) is 17.6 Å². The average molecular weight is 460 g/mol. The zero-order valence-electron chi connectivity index (χ0n) is 16.8. The summed E-state index contributed by atoms with van der Waals surface area (Å²) in [6, 6.07) is 2.76. The Balaban J connectivity index is 1.31. The maximum absolute atomic E-state index is 14.6. The summed E-state index contributed by atoms with van der Waals surface area (Å²) in [4.78, 5) is 5.61.